The predicted molar refractivity (Wildman–Crippen MR) is 268 cm³/mol. The second kappa shape index (κ2) is 19.1. The number of pyridine rings is 3. The first kappa shape index (κ1) is 38.0. The van der Waals surface area contributed by atoms with Crippen LogP contribution in [0.25, 0.3) is 44.9 Å². The first-order chi connectivity index (χ1) is 32.7. The minimum atomic E-state index is -2.50. The molecule has 64 heavy (non-hydrogen) atoms. The summed E-state index contributed by atoms with van der Waals surface area (Å²) in [5.74, 6) is 0.454. The van der Waals surface area contributed by atoms with Gasteiger partial charge in [-0.2, -0.15) is 0 Å². The van der Waals surface area contributed by atoms with E-state index in [4.69, 9.17) is 15.0 Å². The van der Waals surface area contributed by atoms with Crippen LogP contribution in [0.3, 0.4) is 0 Å². The molecular formula is C61H61N3. The van der Waals surface area contributed by atoms with Crippen LogP contribution >= 0.6 is 0 Å². The van der Waals surface area contributed by atoms with Crippen LogP contribution in [-0.4, -0.2) is 15.0 Å². The molecule has 0 radical (unpaired) electrons. The highest BCUT2D eigenvalue weighted by atomic mass is 14.7. The van der Waals surface area contributed by atoms with Gasteiger partial charge in [-0.25, -0.2) is 0 Å². The fourth-order valence-corrected chi connectivity index (χ4v) is 9.51. The van der Waals surface area contributed by atoms with E-state index in [2.05, 4.69) is 100 Å². The van der Waals surface area contributed by atoms with Crippen molar-refractivity contribution in [2.75, 3.05) is 0 Å². The van der Waals surface area contributed by atoms with E-state index < -0.39 is 12.7 Å². The molecule has 3 heteroatoms. The summed E-state index contributed by atoms with van der Waals surface area (Å²) in [7, 11) is 0. The summed E-state index contributed by atoms with van der Waals surface area (Å²) in [5, 5.41) is 0. The van der Waals surface area contributed by atoms with Gasteiger partial charge in [-0.05, 0) is 123 Å². The molecule has 1 saturated carbocycles. The average Bonchev–Trinajstić information content (AvgIpc) is 3.37. The number of aromatic nitrogens is 3. The minimum absolute atomic E-state index is 0.227. The Balaban J connectivity index is 1.12. The highest BCUT2D eigenvalue weighted by Gasteiger charge is 2.26. The van der Waals surface area contributed by atoms with Crippen LogP contribution in [0, 0.1) is 0 Å². The molecule has 0 saturated heterocycles. The molecule has 0 atom stereocenters. The summed E-state index contributed by atoms with van der Waals surface area (Å²) in [6.07, 6.45) is 7.64. The molecule has 3 nitrogen and oxygen atoms in total. The highest BCUT2D eigenvalue weighted by Crippen LogP contribution is 2.37. The largest absolute Gasteiger partial charge is 0.256 e. The second-order valence-electron chi connectivity index (χ2n) is 18.9. The Labute approximate surface area is 387 Å². The van der Waals surface area contributed by atoms with Gasteiger partial charge in [-0.3, -0.25) is 15.0 Å². The molecular weight excluding hydrogens is 775 g/mol. The van der Waals surface area contributed by atoms with Crippen LogP contribution in [0.15, 0.2) is 182 Å². The Morgan fingerprint density at radius 2 is 0.938 bits per heavy atom. The topological polar surface area (TPSA) is 38.7 Å². The summed E-state index contributed by atoms with van der Waals surface area (Å²) in [5.41, 5.74) is 12.1. The molecule has 0 aliphatic heterocycles. The summed E-state index contributed by atoms with van der Waals surface area (Å²) >= 11 is 0. The number of aryl methyl sites for hydroxylation is 2. The molecule has 3 aromatic heterocycles. The highest BCUT2D eigenvalue weighted by molar-refractivity contribution is 5.74. The van der Waals surface area contributed by atoms with Crippen molar-refractivity contribution >= 4 is 0 Å². The average molecular weight is 840 g/mol. The lowest BCUT2D eigenvalue weighted by atomic mass is 9.77. The van der Waals surface area contributed by atoms with E-state index in [9.17, 15) is 5.48 Å². The molecule has 320 valence electrons. The normalized spacial score (nSPS) is 14.9. The molecule has 0 amide bonds. The van der Waals surface area contributed by atoms with E-state index in [1.165, 1.54) is 24.8 Å². The van der Waals surface area contributed by atoms with Crippen LogP contribution in [0.4, 0.5) is 0 Å². The summed E-state index contributed by atoms with van der Waals surface area (Å²) in [6, 6.07) is 55.2. The fourth-order valence-electron chi connectivity index (χ4n) is 9.51. The Morgan fingerprint density at radius 1 is 0.453 bits per heavy atom. The summed E-state index contributed by atoms with van der Waals surface area (Å²) in [4.78, 5) is 14.6. The van der Waals surface area contributed by atoms with Crippen molar-refractivity contribution in [1.82, 2.24) is 15.0 Å². The van der Waals surface area contributed by atoms with Gasteiger partial charge in [0.15, 0.2) is 0 Å². The molecule has 1 aliphatic rings. The van der Waals surface area contributed by atoms with Crippen molar-refractivity contribution in [2.45, 2.75) is 102 Å². The molecule has 0 bridgehead atoms. The van der Waals surface area contributed by atoms with Crippen LogP contribution in [0.1, 0.15) is 110 Å². The van der Waals surface area contributed by atoms with Gasteiger partial charge in [0, 0.05) is 40.8 Å². The molecule has 9 rings (SSSR count). The molecule has 5 aromatic carbocycles. The number of hydrogen-bond acceptors (Lipinski definition) is 3. The van der Waals surface area contributed by atoms with Crippen molar-refractivity contribution < 1.29 is 5.48 Å². The lowest BCUT2D eigenvalue weighted by Crippen LogP contribution is -2.23. The zero-order valence-electron chi connectivity index (χ0n) is 41.7. The summed E-state index contributed by atoms with van der Waals surface area (Å²) < 4.78 is 40.1. The monoisotopic (exact) mass is 840 g/mol. The molecule has 0 unspecified atom stereocenters. The third-order valence-corrected chi connectivity index (χ3v) is 13.2. The Hall–Kier alpha value is -6.45. The van der Waals surface area contributed by atoms with Gasteiger partial charge in [0.2, 0.25) is 0 Å². The van der Waals surface area contributed by atoms with Crippen LogP contribution < -0.4 is 0 Å². The van der Waals surface area contributed by atoms with Crippen molar-refractivity contribution in [3.63, 3.8) is 0 Å². The van der Waals surface area contributed by atoms with Crippen molar-refractivity contribution in [1.29, 1.82) is 0 Å². The quantitative estimate of drug-likeness (QED) is 0.109. The van der Waals surface area contributed by atoms with Crippen LogP contribution in [0.2, 0.25) is 0 Å². The van der Waals surface area contributed by atoms with Gasteiger partial charge >= 0.3 is 0 Å². The molecule has 1 aliphatic carbocycles. The molecule has 8 aromatic rings. The zero-order chi connectivity index (χ0) is 47.5. The molecule has 3 heterocycles. The number of hydrogen-bond donors (Lipinski definition) is 0. The van der Waals surface area contributed by atoms with Crippen molar-refractivity contribution in [2.24, 2.45) is 0 Å². The van der Waals surface area contributed by atoms with Crippen molar-refractivity contribution in [3.8, 4) is 44.9 Å². The summed E-state index contributed by atoms with van der Waals surface area (Å²) in [6.45, 7) is 8.79. The number of nitrogens with zero attached hydrogens (tertiary/aromatic N) is 3. The Kier molecular flexibility index (Phi) is 11.4. The maximum absolute atomic E-state index is 10.0. The van der Waals surface area contributed by atoms with Gasteiger partial charge < -0.3 is 0 Å². The smallest absolute Gasteiger partial charge is 0.0708 e. The Morgan fingerprint density at radius 3 is 1.45 bits per heavy atom. The van der Waals surface area contributed by atoms with E-state index in [-0.39, 0.29) is 16.4 Å². The first-order valence-electron chi connectivity index (χ1n) is 25.0. The zero-order valence-corrected chi connectivity index (χ0v) is 37.7. The van der Waals surface area contributed by atoms with Crippen molar-refractivity contribution in [3.05, 3.63) is 221 Å². The third kappa shape index (κ3) is 10.2. The van der Waals surface area contributed by atoms with Gasteiger partial charge in [-0.15, -0.1) is 0 Å². The van der Waals surface area contributed by atoms with Crippen LogP contribution in [-0.2, 0) is 36.4 Å². The van der Waals surface area contributed by atoms with E-state index in [0.29, 0.717) is 29.9 Å². The molecule has 0 N–H and O–H groups in total. The Bertz CT molecular complexity index is 2850. The molecule has 1 fully saturated rings. The number of benzene rings is 5. The first-order valence-corrected chi connectivity index (χ1v) is 23.0. The second-order valence-corrected chi connectivity index (χ2v) is 18.9. The maximum atomic E-state index is 10.0. The standard InChI is InChI=1S/C61H61N3/c1-60(2,54-30-32-57(63-42-54)48-20-11-6-12-21-48)39-45-34-44(35-46(36-45)40-61(3,4)55-31-33-58(64-43-55)49-22-13-7-14-23-49)28-29-53-41-62-59(50-24-15-8-16-25-50)38-56(53)52-27-17-26-51(37-52)47-18-9-5-10-19-47/h6-8,11-17,20-27,30-38,41-43,47H,5,9-10,18-19,28-29,39-40H2,1-4H3/i28D2,29D2. The van der Waals surface area contributed by atoms with E-state index >= 15 is 0 Å². The third-order valence-electron chi connectivity index (χ3n) is 13.2. The fraction of sp³-hybridized carbons (Fsp3) is 0.262. The van der Waals surface area contributed by atoms with E-state index in [0.717, 1.165) is 74.4 Å². The lowest BCUT2D eigenvalue weighted by molar-refractivity contribution is 0.444. The van der Waals surface area contributed by atoms with E-state index in [1.807, 2.05) is 103 Å². The minimum Gasteiger partial charge on any atom is -0.256 e. The van der Waals surface area contributed by atoms with Gasteiger partial charge in [0.1, 0.15) is 0 Å². The number of rotatable bonds is 14. The van der Waals surface area contributed by atoms with E-state index in [1.54, 1.807) is 6.20 Å². The lowest BCUT2D eigenvalue weighted by Gasteiger charge is -2.28. The van der Waals surface area contributed by atoms with Gasteiger partial charge in [0.25, 0.3) is 0 Å². The van der Waals surface area contributed by atoms with Gasteiger partial charge in [-0.1, -0.05) is 193 Å². The van der Waals surface area contributed by atoms with Crippen LogP contribution in [0.5, 0.6) is 0 Å². The maximum Gasteiger partial charge on any atom is 0.0708 e. The molecule has 0 spiro atoms. The predicted octanol–water partition coefficient (Wildman–Crippen LogP) is 15.4. The van der Waals surface area contributed by atoms with Gasteiger partial charge in [0.05, 0.1) is 17.1 Å². The SMILES string of the molecule is [2H]C([2H])(c1cc(CC(C)(C)c2ccc(-c3ccccc3)nc2)cc(CC(C)(C)c2ccc(-c3ccccc3)nc2)c1)C([2H])([2H])c1cnc(-c2ccccc2)cc1-c1cccc(C2CCCCC2)c1.